The number of carbonyl (C=O) groups excluding carboxylic acids is 1. The second-order valence-electron chi connectivity index (χ2n) is 4.27. The van der Waals surface area contributed by atoms with Crippen molar-refractivity contribution >= 4 is 29.0 Å². The molecular formula is C14H14ClFN4O. The average molecular weight is 309 g/mol. The Bertz CT molecular complexity index is 651. The minimum Gasteiger partial charge on any atom is -0.369 e. The fourth-order valence-corrected chi connectivity index (χ4v) is 1.77. The molecule has 21 heavy (non-hydrogen) atoms. The van der Waals surface area contributed by atoms with Crippen LogP contribution in [0.25, 0.3) is 0 Å². The lowest BCUT2D eigenvalue weighted by molar-refractivity contribution is 0.102. The number of carbonyl (C=O) groups is 1. The van der Waals surface area contributed by atoms with Crippen LogP contribution in [0.15, 0.2) is 30.6 Å². The molecule has 0 aliphatic carbocycles. The summed E-state index contributed by atoms with van der Waals surface area (Å²) in [6.45, 7) is 2.74. The molecule has 0 aliphatic heterocycles. The largest absolute Gasteiger partial charge is 0.369 e. The molecule has 7 heteroatoms. The fraction of sp³-hybridized carbons (Fsp3) is 0.214. The Morgan fingerprint density at radius 2 is 2.19 bits per heavy atom. The number of nitrogens with zero attached hydrogens (tertiary/aromatic N) is 2. The summed E-state index contributed by atoms with van der Waals surface area (Å²) in [6, 6.07) is 4.37. The van der Waals surface area contributed by atoms with Crippen LogP contribution in [0.1, 0.15) is 23.8 Å². The molecule has 0 saturated carbocycles. The van der Waals surface area contributed by atoms with Crippen LogP contribution in [0, 0.1) is 5.82 Å². The topological polar surface area (TPSA) is 66.9 Å². The van der Waals surface area contributed by atoms with E-state index in [1.807, 2.05) is 6.92 Å². The third kappa shape index (κ3) is 3.88. The van der Waals surface area contributed by atoms with Gasteiger partial charge in [0.05, 0.1) is 23.1 Å². The normalized spacial score (nSPS) is 10.2. The lowest BCUT2D eigenvalue weighted by atomic mass is 10.3. The van der Waals surface area contributed by atoms with Crippen molar-refractivity contribution in [1.82, 2.24) is 9.97 Å². The molecule has 0 fully saturated rings. The predicted molar refractivity (Wildman–Crippen MR) is 80.2 cm³/mol. The van der Waals surface area contributed by atoms with Gasteiger partial charge < -0.3 is 10.6 Å². The number of hydrogen-bond donors (Lipinski definition) is 2. The van der Waals surface area contributed by atoms with E-state index in [-0.39, 0.29) is 16.4 Å². The van der Waals surface area contributed by atoms with E-state index in [0.29, 0.717) is 5.82 Å². The van der Waals surface area contributed by atoms with E-state index in [2.05, 4.69) is 20.6 Å². The molecule has 0 unspecified atom stereocenters. The summed E-state index contributed by atoms with van der Waals surface area (Å²) in [5, 5.41) is 5.39. The molecule has 2 aromatic rings. The van der Waals surface area contributed by atoms with Gasteiger partial charge in [-0.3, -0.25) is 9.78 Å². The van der Waals surface area contributed by atoms with Gasteiger partial charge >= 0.3 is 0 Å². The Hall–Kier alpha value is -2.21. The lowest BCUT2D eigenvalue weighted by Gasteiger charge is -2.08. The van der Waals surface area contributed by atoms with Crippen LogP contribution in [-0.2, 0) is 0 Å². The number of anilines is 2. The number of benzene rings is 1. The van der Waals surface area contributed by atoms with Gasteiger partial charge in [-0.25, -0.2) is 9.37 Å². The van der Waals surface area contributed by atoms with Crippen molar-refractivity contribution in [3.05, 3.63) is 47.1 Å². The molecule has 0 saturated heterocycles. The molecule has 1 aromatic heterocycles. The number of halogens is 2. The second kappa shape index (κ2) is 6.99. The lowest BCUT2D eigenvalue weighted by Crippen LogP contribution is -2.16. The zero-order valence-corrected chi connectivity index (χ0v) is 12.1. The van der Waals surface area contributed by atoms with Gasteiger partial charge in [0, 0.05) is 6.54 Å². The summed E-state index contributed by atoms with van der Waals surface area (Å²) in [5.74, 6) is -0.736. The molecule has 1 heterocycles. The summed E-state index contributed by atoms with van der Waals surface area (Å²) in [5.41, 5.74) is 0.0942. The number of amides is 1. The van der Waals surface area contributed by atoms with Gasteiger partial charge in [0.1, 0.15) is 11.5 Å². The van der Waals surface area contributed by atoms with Gasteiger partial charge in [-0.15, -0.1) is 0 Å². The number of rotatable bonds is 5. The Labute approximate surface area is 126 Å². The molecule has 0 aliphatic rings. The van der Waals surface area contributed by atoms with E-state index in [4.69, 9.17) is 11.6 Å². The summed E-state index contributed by atoms with van der Waals surface area (Å²) in [4.78, 5) is 20.1. The Balaban J connectivity index is 2.15. The second-order valence-corrected chi connectivity index (χ2v) is 4.68. The maximum atomic E-state index is 13.7. The van der Waals surface area contributed by atoms with Crippen molar-refractivity contribution in [3.63, 3.8) is 0 Å². The Morgan fingerprint density at radius 3 is 2.95 bits per heavy atom. The minimum absolute atomic E-state index is 0.00113. The quantitative estimate of drug-likeness (QED) is 0.889. The van der Waals surface area contributed by atoms with Crippen LogP contribution < -0.4 is 10.6 Å². The van der Waals surface area contributed by atoms with Gasteiger partial charge in [-0.1, -0.05) is 24.6 Å². The molecule has 0 bridgehead atoms. The van der Waals surface area contributed by atoms with Crippen LogP contribution >= 0.6 is 11.6 Å². The highest BCUT2D eigenvalue weighted by molar-refractivity contribution is 6.31. The molecular weight excluding hydrogens is 295 g/mol. The van der Waals surface area contributed by atoms with E-state index >= 15 is 0 Å². The first-order valence-electron chi connectivity index (χ1n) is 6.43. The fourth-order valence-electron chi connectivity index (χ4n) is 1.60. The van der Waals surface area contributed by atoms with Crippen molar-refractivity contribution < 1.29 is 9.18 Å². The maximum Gasteiger partial charge on any atom is 0.276 e. The van der Waals surface area contributed by atoms with Crippen molar-refractivity contribution in [2.75, 3.05) is 17.2 Å². The summed E-state index contributed by atoms with van der Waals surface area (Å²) >= 11 is 5.66. The highest BCUT2D eigenvalue weighted by Gasteiger charge is 2.13. The van der Waals surface area contributed by atoms with Gasteiger partial charge in [0.2, 0.25) is 0 Å². The van der Waals surface area contributed by atoms with E-state index in [9.17, 15) is 9.18 Å². The number of hydrogen-bond acceptors (Lipinski definition) is 4. The monoisotopic (exact) mass is 308 g/mol. The molecule has 0 radical (unpaired) electrons. The maximum absolute atomic E-state index is 13.7. The van der Waals surface area contributed by atoms with Crippen LogP contribution in [0.5, 0.6) is 0 Å². The highest BCUT2D eigenvalue weighted by atomic mass is 35.5. The van der Waals surface area contributed by atoms with E-state index in [0.717, 1.165) is 13.0 Å². The van der Waals surface area contributed by atoms with Gasteiger partial charge in [0.15, 0.2) is 5.82 Å². The third-order valence-corrected chi connectivity index (χ3v) is 2.92. The molecule has 1 aromatic carbocycles. The standard InChI is InChI=1S/C14H14ClFN4O/c1-2-6-18-12-8-17-7-11(19-12)14(21)20-10-5-3-4-9(15)13(10)16/h3-5,7-8H,2,6H2,1H3,(H,18,19)(H,20,21). The van der Waals surface area contributed by atoms with Gasteiger partial charge in [-0.2, -0.15) is 0 Å². The molecule has 0 atom stereocenters. The first-order chi connectivity index (χ1) is 10.1. The summed E-state index contributed by atoms with van der Waals surface area (Å²) in [7, 11) is 0. The van der Waals surface area contributed by atoms with Crippen LogP contribution in [-0.4, -0.2) is 22.4 Å². The summed E-state index contributed by atoms with van der Waals surface area (Å²) in [6.07, 6.45) is 3.76. The smallest absolute Gasteiger partial charge is 0.276 e. The minimum atomic E-state index is -0.680. The number of nitrogens with one attached hydrogen (secondary N) is 2. The molecule has 2 N–H and O–H groups in total. The first kappa shape index (κ1) is 15.2. The Morgan fingerprint density at radius 1 is 1.38 bits per heavy atom. The van der Waals surface area contributed by atoms with Crippen LogP contribution in [0.3, 0.4) is 0 Å². The highest BCUT2D eigenvalue weighted by Crippen LogP contribution is 2.22. The predicted octanol–water partition coefficient (Wildman–Crippen LogP) is 3.34. The van der Waals surface area contributed by atoms with E-state index < -0.39 is 11.7 Å². The van der Waals surface area contributed by atoms with Crippen molar-refractivity contribution in [2.24, 2.45) is 0 Å². The molecule has 2 rings (SSSR count). The van der Waals surface area contributed by atoms with Gasteiger partial charge in [-0.05, 0) is 18.6 Å². The number of aromatic nitrogens is 2. The first-order valence-corrected chi connectivity index (χ1v) is 6.81. The van der Waals surface area contributed by atoms with Crippen LogP contribution in [0.4, 0.5) is 15.9 Å². The zero-order valence-electron chi connectivity index (χ0n) is 11.4. The molecule has 110 valence electrons. The van der Waals surface area contributed by atoms with E-state index in [1.165, 1.54) is 24.5 Å². The van der Waals surface area contributed by atoms with Crippen molar-refractivity contribution in [3.8, 4) is 0 Å². The van der Waals surface area contributed by atoms with Gasteiger partial charge in [0.25, 0.3) is 5.91 Å². The van der Waals surface area contributed by atoms with Crippen LogP contribution in [0.2, 0.25) is 5.02 Å². The van der Waals surface area contributed by atoms with Crippen molar-refractivity contribution in [1.29, 1.82) is 0 Å². The SMILES string of the molecule is CCCNc1cncc(C(=O)Nc2cccc(Cl)c2F)n1. The molecule has 5 nitrogen and oxygen atoms in total. The van der Waals surface area contributed by atoms with E-state index in [1.54, 1.807) is 6.07 Å². The average Bonchev–Trinajstić information content (AvgIpc) is 2.50. The Kier molecular flexibility index (Phi) is 5.05. The summed E-state index contributed by atoms with van der Waals surface area (Å²) < 4.78 is 13.7. The zero-order chi connectivity index (χ0) is 15.2. The van der Waals surface area contributed by atoms with Crippen molar-refractivity contribution in [2.45, 2.75) is 13.3 Å². The third-order valence-electron chi connectivity index (χ3n) is 2.62. The molecule has 1 amide bonds. The molecule has 0 spiro atoms.